The van der Waals surface area contributed by atoms with Crippen LogP contribution in [0.25, 0.3) is 0 Å². The molecule has 2 aliphatic heterocycles. The largest absolute Gasteiger partial charge is 0.497 e. The minimum atomic E-state index is 0.0945. The van der Waals surface area contributed by atoms with E-state index in [1.54, 1.807) is 7.11 Å². The van der Waals surface area contributed by atoms with Gasteiger partial charge in [0.05, 0.1) is 7.11 Å². The predicted molar refractivity (Wildman–Crippen MR) is 115 cm³/mol. The standard InChI is InChI=1S/C24H31N3O2/c1-24(2)18-25(15-19-9-11-22(29-3)12-10-19)16-21-17-26(13-14-27(21)24)23(28)20-7-5-4-6-8-20/h4-12,21H,13-18H2,1-3H3/t21-/m1/s1. The third-order valence-electron chi connectivity index (χ3n) is 6.21. The van der Waals surface area contributed by atoms with Crippen molar-refractivity contribution in [3.05, 3.63) is 65.7 Å². The maximum atomic E-state index is 13.0. The molecular weight excluding hydrogens is 362 g/mol. The van der Waals surface area contributed by atoms with Crippen LogP contribution in [0.3, 0.4) is 0 Å². The second kappa shape index (κ2) is 8.17. The molecule has 2 aromatic carbocycles. The van der Waals surface area contributed by atoms with Gasteiger partial charge in [-0.1, -0.05) is 30.3 Å². The molecule has 2 aromatic rings. The summed E-state index contributed by atoms with van der Waals surface area (Å²) in [4.78, 5) is 20.1. The summed E-state index contributed by atoms with van der Waals surface area (Å²) >= 11 is 0. The van der Waals surface area contributed by atoms with Crippen molar-refractivity contribution in [2.45, 2.75) is 32.0 Å². The van der Waals surface area contributed by atoms with Gasteiger partial charge in [-0.05, 0) is 43.7 Å². The van der Waals surface area contributed by atoms with Crippen molar-refractivity contribution in [2.75, 3.05) is 39.8 Å². The van der Waals surface area contributed by atoms with Gasteiger partial charge in [0.15, 0.2) is 0 Å². The molecule has 1 amide bonds. The normalized spacial score (nSPS) is 22.2. The average Bonchev–Trinajstić information content (AvgIpc) is 2.73. The number of hydrogen-bond donors (Lipinski definition) is 0. The van der Waals surface area contributed by atoms with E-state index in [0.717, 1.165) is 50.6 Å². The number of rotatable bonds is 4. The van der Waals surface area contributed by atoms with Crippen LogP contribution in [0.15, 0.2) is 54.6 Å². The van der Waals surface area contributed by atoms with Crippen LogP contribution in [-0.2, 0) is 6.54 Å². The summed E-state index contributed by atoms with van der Waals surface area (Å²) in [6.45, 7) is 10.1. The molecule has 2 fully saturated rings. The van der Waals surface area contributed by atoms with Crippen LogP contribution in [0.4, 0.5) is 0 Å². The number of hydrogen-bond acceptors (Lipinski definition) is 4. The Hall–Kier alpha value is -2.37. The first-order chi connectivity index (χ1) is 14.0. The fraction of sp³-hybridized carbons (Fsp3) is 0.458. The molecule has 0 bridgehead atoms. The minimum absolute atomic E-state index is 0.0945. The SMILES string of the molecule is COc1ccc(CN2C[C@@H]3CN(C(=O)c4ccccc4)CCN3C(C)(C)C2)cc1. The van der Waals surface area contributed by atoms with Crippen LogP contribution in [0, 0.1) is 0 Å². The van der Waals surface area contributed by atoms with Crippen molar-refractivity contribution in [1.82, 2.24) is 14.7 Å². The third-order valence-corrected chi connectivity index (χ3v) is 6.21. The Balaban J connectivity index is 1.46. The number of carbonyl (C=O) groups is 1. The molecule has 2 heterocycles. The predicted octanol–water partition coefficient (Wildman–Crippen LogP) is 3.12. The molecule has 0 radical (unpaired) electrons. The van der Waals surface area contributed by atoms with E-state index in [9.17, 15) is 4.79 Å². The lowest BCUT2D eigenvalue weighted by atomic mass is 9.92. The molecule has 0 aromatic heterocycles. The van der Waals surface area contributed by atoms with Crippen molar-refractivity contribution in [3.8, 4) is 5.75 Å². The first-order valence-corrected chi connectivity index (χ1v) is 10.4. The second-order valence-corrected chi connectivity index (χ2v) is 8.79. The molecule has 1 atom stereocenters. The quantitative estimate of drug-likeness (QED) is 0.800. The van der Waals surface area contributed by atoms with Crippen LogP contribution >= 0.6 is 0 Å². The molecule has 0 aliphatic carbocycles. The fourth-order valence-electron chi connectivity index (χ4n) is 4.87. The van der Waals surface area contributed by atoms with Gasteiger partial charge >= 0.3 is 0 Å². The van der Waals surface area contributed by atoms with Gasteiger partial charge in [-0.3, -0.25) is 14.6 Å². The first kappa shape index (κ1) is 19.9. The van der Waals surface area contributed by atoms with Crippen LogP contribution in [0.1, 0.15) is 29.8 Å². The number of fused-ring (bicyclic) bond motifs is 1. The van der Waals surface area contributed by atoms with E-state index in [-0.39, 0.29) is 11.4 Å². The maximum Gasteiger partial charge on any atom is 0.253 e. The molecular formula is C24H31N3O2. The van der Waals surface area contributed by atoms with Crippen LogP contribution in [0.2, 0.25) is 0 Å². The van der Waals surface area contributed by atoms with Gasteiger partial charge < -0.3 is 9.64 Å². The highest BCUT2D eigenvalue weighted by atomic mass is 16.5. The summed E-state index contributed by atoms with van der Waals surface area (Å²) < 4.78 is 5.28. The Labute approximate surface area is 173 Å². The van der Waals surface area contributed by atoms with Gasteiger partial charge in [0.2, 0.25) is 0 Å². The number of methoxy groups -OCH3 is 1. The molecule has 154 valence electrons. The van der Waals surface area contributed by atoms with Gasteiger partial charge in [0.25, 0.3) is 5.91 Å². The highest BCUT2D eigenvalue weighted by molar-refractivity contribution is 5.94. The van der Waals surface area contributed by atoms with E-state index >= 15 is 0 Å². The number of amides is 1. The zero-order chi connectivity index (χ0) is 20.4. The fourth-order valence-corrected chi connectivity index (χ4v) is 4.87. The van der Waals surface area contributed by atoms with E-state index in [1.165, 1.54) is 5.56 Å². The van der Waals surface area contributed by atoms with Crippen molar-refractivity contribution in [3.63, 3.8) is 0 Å². The molecule has 0 spiro atoms. The maximum absolute atomic E-state index is 13.0. The number of benzene rings is 2. The van der Waals surface area contributed by atoms with Crippen LogP contribution < -0.4 is 4.74 Å². The van der Waals surface area contributed by atoms with E-state index in [1.807, 2.05) is 47.4 Å². The number of nitrogens with zero attached hydrogens (tertiary/aromatic N) is 3. The van der Waals surface area contributed by atoms with E-state index < -0.39 is 0 Å². The van der Waals surface area contributed by atoms with Crippen LogP contribution in [-0.4, -0.2) is 72.0 Å². The summed E-state index contributed by atoms with van der Waals surface area (Å²) in [6, 6.07) is 18.3. The lowest BCUT2D eigenvalue weighted by Crippen LogP contribution is -2.69. The molecule has 0 saturated carbocycles. The minimum Gasteiger partial charge on any atom is -0.497 e. The van der Waals surface area contributed by atoms with E-state index in [0.29, 0.717) is 6.04 Å². The first-order valence-electron chi connectivity index (χ1n) is 10.4. The summed E-state index contributed by atoms with van der Waals surface area (Å²) in [5.41, 5.74) is 2.17. The zero-order valence-corrected chi connectivity index (χ0v) is 17.7. The smallest absolute Gasteiger partial charge is 0.253 e. The molecule has 2 aliphatic rings. The van der Waals surface area contributed by atoms with Gasteiger partial charge in [0, 0.05) is 56.4 Å². The summed E-state index contributed by atoms with van der Waals surface area (Å²) in [5.74, 6) is 1.04. The van der Waals surface area contributed by atoms with Crippen molar-refractivity contribution in [2.24, 2.45) is 0 Å². The molecule has 5 nitrogen and oxygen atoms in total. The van der Waals surface area contributed by atoms with Gasteiger partial charge in [0.1, 0.15) is 5.75 Å². The van der Waals surface area contributed by atoms with Gasteiger partial charge in [-0.25, -0.2) is 0 Å². The molecule has 2 saturated heterocycles. The Kier molecular flexibility index (Phi) is 5.61. The highest BCUT2D eigenvalue weighted by Crippen LogP contribution is 2.29. The Morgan fingerprint density at radius 2 is 1.76 bits per heavy atom. The Morgan fingerprint density at radius 3 is 2.45 bits per heavy atom. The van der Waals surface area contributed by atoms with Crippen molar-refractivity contribution < 1.29 is 9.53 Å². The van der Waals surface area contributed by atoms with Gasteiger partial charge in [-0.15, -0.1) is 0 Å². The monoisotopic (exact) mass is 393 g/mol. The lowest BCUT2D eigenvalue weighted by molar-refractivity contribution is -0.0613. The number of piperazine rings is 2. The van der Waals surface area contributed by atoms with Crippen molar-refractivity contribution >= 4 is 5.91 Å². The zero-order valence-electron chi connectivity index (χ0n) is 17.7. The third kappa shape index (κ3) is 4.31. The molecule has 4 rings (SSSR count). The van der Waals surface area contributed by atoms with E-state index in [4.69, 9.17) is 4.74 Å². The topological polar surface area (TPSA) is 36.0 Å². The van der Waals surface area contributed by atoms with Gasteiger partial charge in [-0.2, -0.15) is 0 Å². The number of carbonyl (C=O) groups excluding carboxylic acids is 1. The van der Waals surface area contributed by atoms with Crippen molar-refractivity contribution in [1.29, 1.82) is 0 Å². The lowest BCUT2D eigenvalue weighted by Gasteiger charge is -2.55. The molecule has 29 heavy (non-hydrogen) atoms. The molecule has 0 unspecified atom stereocenters. The summed E-state index contributed by atoms with van der Waals surface area (Å²) in [5, 5.41) is 0. The van der Waals surface area contributed by atoms with E-state index in [2.05, 4.69) is 35.8 Å². The highest BCUT2D eigenvalue weighted by Gasteiger charge is 2.43. The summed E-state index contributed by atoms with van der Waals surface area (Å²) in [6.07, 6.45) is 0. The van der Waals surface area contributed by atoms with Crippen LogP contribution in [0.5, 0.6) is 5.75 Å². The molecule has 5 heteroatoms. The molecule has 0 N–H and O–H groups in total. The summed E-state index contributed by atoms with van der Waals surface area (Å²) in [7, 11) is 1.70. The average molecular weight is 394 g/mol. The Bertz CT molecular complexity index is 835. The Morgan fingerprint density at radius 1 is 1.03 bits per heavy atom. The number of ether oxygens (including phenoxy) is 1. The second-order valence-electron chi connectivity index (χ2n) is 8.79.